The molecule has 0 spiro atoms. The summed E-state index contributed by atoms with van der Waals surface area (Å²) in [5.74, 6) is 0.907. The minimum absolute atomic E-state index is 0.0848. The molecule has 31 heavy (non-hydrogen) atoms. The molecular weight excluding hydrogens is 386 g/mol. The van der Waals surface area contributed by atoms with Crippen LogP contribution in [0.1, 0.15) is 48.9 Å². The number of ether oxygens (including phenoxy) is 1. The van der Waals surface area contributed by atoms with Gasteiger partial charge in [0.2, 0.25) is 5.91 Å². The maximum atomic E-state index is 11.6. The van der Waals surface area contributed by atoms with Crippen LogP contribution in [0.4, 0.5) is 11.4 Å². The highest BCUT2D eigenvalue weighted by molar-refractivity contribution is 5.94. The van der Waals surface area contributed by atoms with E-state index >= 15 is 0 Å². The van der Waals surface area contributed by atoms with Crippen molar-refractivity contribution in [3.05, 3.63) is 59.3 Å². The summed E-state index contributed by atoms with van der Waals surface area (Å²) in [6.07, 6.45) is 8.07. The van der Waals surface area contributed by atoms with Crippen molar-refractivity contribution in [1.82, 2.24) is 4.98 Å². The predicted molar refractivity (Wildman–Crippen MR) is 125 cm³/mol. The Morgan fingerprint density at radius 2 is 1.90 bits per heavy atom. The molecule has 0 radical (unpaired) electrons. The lowest BCUT2D eigenvalue weighted by atomic mass is 9.92. The monoisotopic (exact) mass is 415 g/mol. The molecule has 2 heterocycles. The molecule has 2 N–H and O–H groups in total. The average Bonchev–Trinajstić information content (AvgIpc) is 2.80. The molecule has 0 unspecified atom stereocenters. The molecule has 5 heteroatoms. The van der Waals surface area contributed by atoms with Crippen LogP contribution in [0.15, 0.2) is 42.5 Å². The number of pyridine rings is 1. The van der Waals surface area contributed by atoms with Crippen LogP contribution in [-0.4, -0.2) is 24.0 Å². The SMILES string of the molecule is O=C1CCc2ccc(OCCCCNc3c4c(nc5ccccc35)CCCC4)cc2N1. The van der Waals surface area contributed by atoms with Gasteiger partial charge in [0.1, 0.15) is 5.75 Å². The lowest BCUT2D eigenvalue weighted by molar-refractivity contribution is -0.116. The van der Waals surface area contributed by atoms with Crippen molar-refractivity contribution in [3.8, 4) is 5.75 Å². The number of aromatic nitrogens is 1. The third-order valence-corrected chi connectivity index (χ3v) is 6.29. The standard InChI is InChI=1S/C26H29N3O2/c30-25-14-12-18-11-13-19(17-24(18)29-25)31-16-6-5-15-27-26-20-7-1-3-9-22(20)28-23-10-4-2-8-21(23)26/h1,3,7,9,11,13,17H,2,4-6,8,10,12,14-16H2,(H,27,28)(H,29,30). The summed E-state index contributed by atoms with van der Waals surface area (Å²) in [4.78, 5) is 16.5. The fourth-order valence-electron chi connectivity index (χ4n) is 4.65. The number of unbranched alkanes of at least 4 members (excludes halogenated alkanes) is 1. The van der Waals surface area contributed by atoms with E-state index in [9.17, 15) is 4.79 Å². The maximum absolute atomic E-state index is 11.6. The van der Waals surface area contributed by atoms with E-state index in [0.29, 0.717) is 13.0 Å². The van der Waals surface area contributed by atoms with Gasteiger partial charge in [0.05, 0.1) is 12.1 Å². The van der Waals surface area contributed by atoms with Crippen LogP contribution in [0.25, 0.3) is 10.9 Å². The highest BCUT2D eigenvalue weighted by Gasteiger charge is 2.18. The number of amides is 1. The first-order chi connectivity index (χ1) is 15.3. The Morgan fingerprint density at radius 1 is 1.00 bits per heavy atom. The number of nitrogens with zero attached hydrogens (tertiary/aromatic N) is 1. The molecule has 1 aromatic heterocycles. The number of hydrogen-bond donors (Lipinski definition) is 2. The van der Waals surface area contributed by atoms with E-state index in [2.05, 4.69) is 41.0 Å². The largest absolute Gasteiger partial charge is 0.494 e. The molecule has 5 rings (SSSR count). The molecule has 0 atom stereocenters. The van der Waals surface area contributed by atoms with Gasteiger partial charge >= 0.3 is 0 Å². The zero-order chi connectivity index (χ0) is 21.0. The summed E-state index contributed by atoms with van der Waals surface area (Å²) < 4.78 is 5.93. The predicted octanol–water partition coefficient (Wildman–Crippen LogP) is 5.27. The molecule has 1 amide bonds. The number of anilines is 2. The van der Waals surface area contributed by atoms with E-state index < -0.39 is 0 Å². The number of carbonyl (C=O) groups excluding carboxylic acids is 1. The summed E-state index contributed by atoms with van der Waals surface area (Å²) >= 11 is 0. The van der Waals surface area contributed by atoms with Crippen molar-refractivity contribution in [1.29, 1.82) is 0 Å². The minimum Gasteiger partial charge on any atom is -0.494 e. The summed E-state index contributed by atoms with van der Waals surface area (Å²) in [6.45, 7) is 1.59. The summed E-state index contributed by atoms with van der Waals surface area (Å²) in [5.41, 5.74) is 7.14. The van der Waals surface area contributed by atoms with Crippen molar-refractivity contribution in [2.75, 3.05) is 23.8 Å². The van der Waals surface area contributed by atoms with Crippen molar-refractivity contribution < 1.29 is 9.53 Å². The number of para-hydroxylation sites is 1. The number of aryl methyl sites for hydroxylation is 2. The number of nitrogens with one attached hydrogen (secondary N) is 2. The summed E-state index contributed by atoms with van der Waals surface area (Å²) in [6, 6.07) is 14.5. The number of benzene rings is 2. The molecule has 2 aliphatic rings. The smallest absolute Gasteiger partial charge is 0.224 e. The van der Waals surface area contributed by atoms with Gasteiger partial charge < -0.3 is 15.4 Å². The molecule has 0 saturated heterocycles. The first-order valence-corrected chi connectivity index (χ1v) is 11.5. The second kappa shape index (κ2) is 8.96. The Labute approximate surface area is 183 Å². The second-order valence-electron chi connectivity index (χ2n) is 8.49. The number of hydrogen-bond acceptors (Lipinski definition) is 4. The fraction of sp³-hybridized carbons (Fsp3) is 0.385. The molecule has 0 fully saturated rings. The molecular formula is C26H29N3O2. The summed E-state index contributed by atoms with van der Waals surface area (Å²) in [5, 5.41) is 7.88. The van der Waals surface area contributed by atoms with Crippen LogP contribution in [0.2, 0.25) is 0 Å². The van der Waals surface area contributed by atoms with Gasteiger partial charge in [-0.2, -0.15) is 0 Å². The highest BCUT2D eigenvalue weighted by atomic mass is 16.5. The van der Waals surface area contributed by atoms with Gasteiger partial charge in [-0.25, -0.2) is 0 Å². The second-order valence-corrected chi connectivity index (χ2v) is 8.49. The zero-order valence-corrected chi connectivity index (χ0v) is 17.9. The van der Waals surface area contributed by atoms with Crippen molar-refractivity contribution in [3.63, 3.8) is 0 Å². The van der Waals surface area contributed by atoms with Gasteiger partial charge in [0, 0.05) is 41.5 Å². The summed E-state index contributed by atoms with van der Waals surface area (Å²) in [7, 11) is 0. The Kier molecular flexibility index (Phi) is 5.74. The molecule has 0 saturated carbocycles. The molecule has 1 aliphatic carbocycles. The first kappa shape index (κ1) is 19.9. The van der Waals surface area contributed by atoms with E-state index in [1.807, 2.05) is 12.1 Å². The molecule has 160 valence electrons. The molecule has 1 aliphatic heterocycles. The van der Waals surface area contributed by atoms with Gasteiger partial charge in [-0.1, -0.05) is 24.3 Å². The number of fused-ring (bicyclic) bond motifs is 3. The van der Waals surface area contributed by atoms with E-state index in [0.717, 1.165) is 55.6 Å². The Bertz CT molecular complexity index is 1110. The van der Waals surface area contributed by atoms with E-state index in [4.69, 9.17) is 9.72 Å². The van der Waals surface area contributed by atoms with Crippen molar-refractivity contribution in [2.24, 2.45) is 0 Å². The van der Waals surface area contributed by atoms with Crippen LogP contribution >= 0.6 is 0 Å². The lowest BCUT2D eigenvalue weighted by Gasteiger charge is -2.21. The van der Waals surface area contributed by atoms with Gasteiger partial charge in [0.25, 0.3) is 0 Å². The average molecular weight is 416 g/mol. The molecule has 2 aromatic carbocycles. The maximum Gasteiger partial charge on any atom is 0.224 e. The lowest BCUT2D eigenvalue weighted by Crippen LogP contribution is -2.18. The number of carbonyl (C=O) groups is 1. The van der Waals surface area contributed by atoms with Crippen LogP contribution in [0.3, 0.4) is 0 Å². The fourth-order valence-corrected chi connectivity index (χ4v) is 4.65. The van der Waals surface area contributed by atoms with E-state index in [1.54, 1.807) is 0 Å². The van der Waals surface area contributed by atoms with Crippen LogP contribution < -0.4 is 15.4 Å². The first-order valence-electron chi connectivity index (χ1n) is 11.5. The molecule has 3 aromatic rings. The molecule has 5 nitrogen and oxygen atoms in total. The Hall–Kier alpha value is -3.08. The quantitative estimate of drug-likeness (QED) is 0.516. The van der Waals surface area contributed by atoms with Gasteiger partial charge in [-0.3, -0.25) is 9.78 Å². The van der Waals surface area contributed by atoms with E-state index in [-0.39, 0.29) is 5.91 Å². The van der Waals surface area contributed by atoms with Gasteiger partial charge in [0.15, 0.2) is 0 Å². The number of rotatable bonds is 7. The Morgan fingerprint density at radius 3 is 2.87 bits per heavy atom. The van der Waals surface area contributed by atoms with Crippen molar-refractivity contribution >= 4 is 28.2 Å². The van der Waals surface area contributed by atoms with Gasteiger partial charge in [-0.15, -0.1) is 0 Å². The van der Waals surface area contributed by atoms with Crippen LogP contribution in [-0.2, 0) is 24.1 Å². The van der Waals surface area contributed by atoms with Crippen molar-refractivity contribution in [2.45, 2.75) is 51.4 Å². The normalized spacial score (nSPS) is 15.2. The third-order valence-electron chi connectivity index (χ3n) is 6.29. The highest BCUT2D eigenvalue weighted by Crippen LogP contribution is 2.33. The Balaban J connectivity index is 1.16. The third kappa shape index (κ3) is 4.36. The van der Waals surface area contributed by atoms with E-state index in [1.165, 1.54) is 40.7 Å². The van der Waals surface area contributed by atoms with Crippen LogP contribution in [0.5, 0.6) is 5.75 Å². The van der Waals surface area contributed by atoms with Crippen LogP contribution in [0, 0.1) is 0 Å². The van der Waals surface area contributed by atoms with Gasteiger partial charge in [-0.05, 0) is 68.2 Å². The topological polar surface area (TPSA) is 63.2 Å². The zero-order valence-electron chi connectivity index (χ0n) is 17.9. The molecule has 0 bridgehead atoms. The minimum atomic E-state index is 0.0848.